The minimum Gasteiger partial charge on any atom is -0.445 e. The second-order valence-corrected chi connectivity index (χ2v) is 5.12. The highest BCUT2D eigenvalue weighted by molar-refractivity contribution is 5.83. The summed E-state index contributed by atoms with van der Waals surface area (Å²) in [5, 5.41) is 2.49. The minimum atomic E-state index is -0.543. The Labute approximate surface area is 126 Å². The van der Waals surface area contributed by atoms with Crippen molar-refractivity contribution in [2.24, 2.45) is 0 Å². The number of hydrogen-bond acceptors (Lipinski definition) is 3. The molecule has 4 nitrogen and oxygen atoms in total. The number of ether oxygens (including phenoxy) is 1. The number of alkyl carbamates (subject to hydrolysis) is 1. The van der Waals surface area contributed by atoms with Gasteiger partial charge in [-0.3, -0.25) is 4.79 Å². The normalized spacial score (nSPS) is 10.1. The van der Waals surface area contributed by atoms with Crippen molar-refractivity contribution < 1.29 is 14.3 Å². The molecule has 0 bridgehead atoms. The average Bonchev–Trinajstić information content (AvgIpc) is 2.51. The molecule has 0 aliphatic heterocycles. The highest BCUT2D eigenvalue weighted by atomic mass is 16.5. The van der Waals surface area contributed by atoms with E-state index in [2.05, 4.69) is 12.2 Å². The van der Waals surface area contributed by atoms with E-state index in [9.17, 15) is 9.59 Å². The lowest BCUT2D eigenvalue weighted by Gasteiger charge is -2.06. The van der Waals surface area contributed by atoms with Crippen molar-refractivity contribution in [2.45, 2.75) is 52.1 Å². The van der Waals surface area contributed by atoms with Gasteiger partial charge < -0.3 is 10.1 Å². The first kappa shape index (κ1) is 17.2. The van der Waals surface area contributed by atoms with Gasteiger partial charge in [-0.2, -0.15) is 0 Å². The number of ketones is 1. The van der Waals surface area contributed by atoms with E-state index in [1.165, 1.54) is 19.3 Å². The zero-order valence-corrected chi connectivity index (χ0v) is 12.8. The van der Waals surface area contributed by atoms with Gasteiger partial charge in [0.1, 0.15) is 6.61 Å². The first-order valence-electron chi connectivity index (χ1n) is 7.68. The van der Waals surface area contributed by atoms with Crippen LogP contribution in [0.3, 0.4) is 0 Å². The van der Waals surface area contributed by atoms with Gasteiger partial charge in [0.15, 0.2) is 5.78 Å². The molecule has 1 amide bonds. The third-order valence-electron chi connectivity index (χ3n) is 3.20. The zero-order valence-electron chi connectivity index (χ0n) is 12.8. The minimum absolute atomic E-state index is 0.0569. The topological polar surface area (TPSA) is 55.4 Å². The quantitative estimate of drug-likeness (QED) is 0.666. The predicted octanol–water partition coefficient (Wildman–Crippen LogP) is 3.84. The second-order valence-electron chi connectivity index (χ2n) is 5.12. The van der Waals surface area contributed by atoms with Gasteiger partial charge in [0.2, 0.25) is 0 Å². The number of hydrogen-bond donors (Lipinski definition) is 1. The summed E-state index contributed by atoms with van der Waals surface area (Å²) in [6.07, 6.45) is 5.57. The van der Waals surface area contributed by atoms with Crippen LogP contribution in [0.2, 0.25) is 0 Å². The van der Waals surface area contributed by atoms with Crippen LogP contribution >= 0.6 is 0 Å². The van der Waals surface area contributed by atoms with E-state index in [1.54, 1.807) is 0 Å². The molecular weight excluding hydrogens is 266 g/mol. The predicted molar refractivity (Wildman–Crippen MR) is 83.0 cm³/mol. The fourth-order valence-corrected chi connectivity index (χ4v) is 1.96. The summed E-state index contributed by atoms with van der Waals surface area (Å²) >= 11 is 0. The molecule has 1 aromatic rings. The van der Waals surface area contributed by atoms with Crippen molar-refractivity contribution in [3.05, 3.63) is 35.9 Å². The molecule has 0 heterocycles. The van der Waals surface area contributed by atoms with E-state index in [-0.39, 0.29) is 18.9 Å². The molecule has 0 aliphatic carbocycles. The lowest BCUT2D eigenvalue weighted by Crippen LogP contribution is -2.29. The largest absolute Gasteiger partial charge is 0.445 e. The van der Waals surface area contributed by atoms with Crippen LogP contribution in [0.5, 0.6) is 0 Å². The maximum absolute atomic E-state index is 11.6. The summed E-state index contributed by atoms with van der Waals surface area (Å²) in [5.74, 6) is 0.0585. The number of carbonyl (C=O) groups is 2. The first-order valence-corrected chi connectivity index (χ1v) is 7.68. The van der Waals surface area contributed by atoms with Crippen LogP contribution in [0.1, 0.15) is 51.0 Å². The summed E-state index contributed by atoms with van der Waals surface area (Å²) in [6.45, 7) is 2.44. The number of carbonyl (C=O) groups excluding carboxylic acids is 2. The number of amides is 1. The fraction of sp³-hybridized carbons (Fsp3) is 0.529. The third-order valence-corrected chi connectivity index (χ3v) is 3.20. The van der Waals surface area contributed by atoms with Crippen LogP contribution < -0.4 is 5.32 Å². The summed E-state index contributed by atoms with van der Waals surface area (Å²) in [4.78, 5) is 23.0. The van der Waals surface area contributed by atoms with Crippen molar-refractivity contribution in [3.8, 4) is 0 Å². The smallest absolute Gasteiger partial charge is 0.407 e. The van der Waals surface area contributed by atoms with E-state index < -0.39 is 6.09 Å². The lowest BCUT2D eigenvalue weighted by molar-refractivity contribution is -0.118. The molecule has 1 N–H and O–H groups in total. The molecule has 0 aromatic heterocycles. The maximum atomic E-state index is 11.6. The summed E-state index contributed by atoms with van der Waals surface area (Å²) in [5.41, 5.74) is 0.926. The standard InChI is InChI=1S/C17H25NO3/c1-2-3-4-5-9-12-16(19)13-18-17(20)21-14-15-10-7-6-8-11-15/h6-8,10-11H,2-5,9,12-14H2,1H3,(H,18,20). The Balaban J connectivity index is 2.05. The number of benzene rings is 1. The monoisotopic (exact) mass is 291 g/mol. The van der Waals surface area contributed by atoms with Crippen molar-refractivity contribution in [1.29, 1.82) is 0 Å². The van der Waals surface area contributed by atoms with Crippen molar-refractivity contribution in [3.63, 3.8) is 0 Å². The maximum Gasteiger partial charge on any atom is 0.407 e. The zero-order chi connectivity index (χ0) is 15.3. The van der Waals surface area contributed by atoms with Crippen LogP contribution in [0.4, 0.5) is 4.79 Å². The van der Waals surface area contributed by atoms with Crippen molar-refractivity contribution >= 4 is 11.9 Å². The molecule has 0 radical (unpaired) electrons. The van der Waals surface area contributed by atoms with Gasteiger partial charge in [0.25, 0.3) is 0 Å². The molecule has 4 heteroatoms. The van der Waals surface area contributed by atoms with Crippen molar-refractivity contribution in [1.82, 2.24) is 5.32 Å². The molecule has 0 atom stereocenters. The summed E-state index contributed by atoms with van der Waals surface area (Å²) in [6, 6.07) is 9.45. The lowest BCUT2D eigenvalue weighted by atomic mass is 10.1. The molecule has 0 unspecified atom stereocenters. The molecular formula is C17H25NO3. The van der Waals surface area contributed by atoms with Gasteiger partial charge in [-0.25, -0.2) is 4.79 Å². The van der Waals surface area contributed by atoms with E-state index >= 15 is 0 Å². The van der Waals surface area contributed by atoms with Crippen LogP contribution in [-0.2, 0) is 16.1 Å². The third kappa shape index (κ3) is 8.84. The van der Waals surface area contributed by atoms with Gasteiger partial charge >= 0.3 is 6.09 Å². The Morgan fingerprint density at radius 1 is 1.05 bits per heavy atom. The van der Waals surface area contributed by atoms with E-state index in [1.807, 2.05) is 30.3 Å². The van der Waals surface area contributed by atoms with E-state index in [0.29, 0.717) is 6.42 Å². The van der Waals surface area contributed by atoms with Gasteiger partial charge in [0.05, 0.1) is 6.54 Å². The Morgan fingerprint density at radius 2 is 1.76 bits per heavy atom. The molecule has 116 valence electrons. The molecule has 0 saturated carbocycles. The van der Waals surface area contributed by atoms with Gasteiger partial charge in [-0.05, 0) is 12.0 Å². The Bertz CT molecular complexity index is 417. The summed E-state index contributed by atoms with van der Waals surface area (Å²) < 4.78 is 5.03. The number of rotatable bonds is 10. The first-order chi connectivity index (χ1) is 10.2. The van der Waals surface area contributed by atoms with E-state index in [0.717, 1.165) is 18.4 Å². The Kier molecular flexibility index (Phi) is 8.93. The average molecular weight is 291 g/mol. The molecule has 21 heavy (non-hydrogen) atoms. The SMILES string of the molecule is CCCCCCCC(=O)CNC(=O)OCc1ccccc1. The number of Topliss-reactive ketones (excluding diaryl/α,β-unsaturated/α-hetero) is 1. The van der Waals surface area contributed by atoms with Crippen LogP contribution in [0.15, 0.2) is 30.3 Å². The molecule has 0 saturated heterocycles. The Hall–Kier alpha value is -1.84. The van der Waals surface area contributed by atoms with Gasteiger partial charge in [-0.1, -0.05) is 62.9 Å². The van der Waals surface area contributed by atoms with Crippen LogP contribution in [0, 0.1) is 0 Å². The van der Waals surface area contributed by atoms with Crippen molar-refractivity contribution in [2.75, 3.05) is 6.54 Å². The number of nitrogens with one attached hydrogen (secondary N) is 1. The molecule has 1 rings (SSSR count). The molecule has 0 fully saturated rings. The van der Waals surface area contributed by atoms with E-state index in [4.69, 9.17) is 4.74 Å². The van der Waals surface area contributed by atoms with Gasteiger partial charge in [0, 0.05) is 6.42 Å². The molecule has 1 aromatic carbocycles. The van der Waals surface area contributed by atoms with Gasteiger partial charge in [-0.15, -0.1) is 0 Å². The highest BCUT2D eigenvalue weighted by Gasteiger charge is 2.06. The van der Waals surface area contributed by atoms with Crippen LogP contribution in [0.25, 0.3) is 0 Å². The van der Waals surface area contributed by atoms with Crippen LogP contribution in [-0.4, -0.2) is 18.4 Å². The number of unbranched alkanes of at least 4 members (excludes halogenated alkanes) is 4. The fourth-order valence-electron chi connectivity index (χ4n) is 1.96. The second kappa shape index (κ2) is 10.9. The highest BCUT2D eigenvalue weighted by Crippen LogP contribution is 2.05. The summed E-state index contributed by atoms with van der Waals surface area (Å²) in [7, 11) is 0. The Morgan fingerprint density at radius 3 is 2.48 bits per heavy atom. The molecule has 0 spiro atoms. The molecule has 0 aliphatic rings.